The van der Waals surface area contributed by atoms with Crippen molar-refractivity contribution in [3.63, 3.8) is 0 Å². The van der Waals surface area contributed by atoms with Gasteiger partial charge in [-0.25, -0.2) is 13.8 Å². The number of hydrogen-bond acceptors (Lipinski definition) is 4. The van der Waals surface area contributed by atoms with E-state index in [1.807, 2.05) is 4.90 Å². The molecule has 6 nitrogen and oxygen atoms in total. The van der Waals surface area contributed by atoms with Crippen LogP contribution in [-0.2, 0) is 13.2 Å². The molecule has 0 amide bonds. The summed E-state index contributed by atoms with van der Waals surface area (Å²) in [5, 5.41) is 15.7. The van der Waals surface area contributed by atoms with Crippen molar-refractivity contribution in [3.05, 3.63) is 59.3 Å². The fraction of sp³-hybridized carbons (Fsp3) is 0.368. The van der Waals surface area contributed by atoms with Crippen molar-refractivity contribution in [3.8, 4) is 0 Å². The molecule has 0 radical (unpaired) electrons. The quantitative estimate of drug-likeness (QED) is 0.549. The molecule has 0 spiro atoms. The molecule has 2 aromatic rings. The largest absolute Gasteiger partial charge is 0.392 e. The Morgan fingerprint density at radius 3 is 2.93 bits per heavy atom. The fourth-order valence-corrected chi connectivity index (χ4v) is 3.11. The number of nitrogens with one attached hydrogen (secondary N) is 2. The predicted molar refractivity (Wildman–Crippen MR) is 100 cm³/mol. The molecule has 0 saturated carbocycles. The molecule has 0 aliphatic carbocycles. The van der Waals surface area contributed by atoms with Gasteiger partial charge in [0.1, 0.15) is 5.82 Å². The number of benzene rings is 1. The van der Waals surface area contributed by atoms with E-state index in [-0.39, 0.29) is 24.0 Å². The first-order valence-electron chi connectivity index (χ1n) is 8.81. The first-order valence-corrected chi connectivity index (χ1v) is 8.81. The summed E-state index contributed by atoms with van der Waals surface area (Å²) in [5.74, 6) is 0.235. The summed E-state index contributed by atoms with van der Waals surface area (Å²) in [7, 11) is 1.67. The highest BCUT2D eigenvalue weighted by atomic mass is 19.1. The van der Waals surface area contributed by atoms with Gasteiger partial charge < -0.3 is 20.6 Å². The number of nitrogens with zero attached hydrogens (tertiary/aromatic N) is 3. The molecular formula is C19H23F2N5O. The fourth-order valence-electron chi connectivity index (χ4n) is 3.11. The van der Waals surface area contributed by atoms with Gasteiger partial charge in [-0.2, -0.15) is 0 Å². The number of halogens is 2. The molecule has 1 aliphatic rings. The number of pyridine rings is 1. The van der Waals surface area contributed by atoms with Crippen molar-refractivity contribution in [1.82, 2.24) is 15.6 Å². The van der Waals surface area contributed by atoms with Crippen LogP contribution in [0, 0.1) is 11.6 Å². The second kappa shape index (κ2) is 8.77. The summed E-state index contributed by atoms with van der Waals surface area (Å²) < 4.78 is 27.3. The number of rotatable bonds is 5. The van der Waals surface area contributed by atoms with Crippen LogP contribution in [0.5, 0.6) is 0 Å². The third-order valence-electron chi connectivity index (χ3n) is 4.53. The number of aliphatic hydroxyl groups excluding tert-OH is 1. The van der Waals surface area contributed by atoms with E-state index >= 15 is 0 Å². The number of hydrogen-bond donors (Lipinski definition) is 3. The molecule has 3 rings (SSSR count). The third kappa shape index (κ3) is 4.71. The molecule has 1 aromatic carbocycles. The lowest BCUT2D eigenvalue weighted by Crippen LogP contribution is -2.44. The van der Waals surface area contributed by atoms with E-state index in [1.54, 1.807) is 31.4 Å². The monoisotopic (exact) mass is 375 g/mol. The average Bonchev–Trinajstić information content (AvgIpc) is 3.14. The highest BCUT2D eigenvalue weighted by molar-refractivity contribution is 5.80. The van der Waals surface area contributed by atoms with Crippen molar-refractivity contribution in [2.24, 2.45) is 4.99 Å². The van der Waals surface area contributed by atoms with Crippen LogP contribution in [0.25, 0.3) is 0 Å². The van der Waals surface area contributed by atoms with E-state index in [4.69, 9.17) is 5.11 Å². The Hall–Kier alpha value is -2.74. The van der Waals surface area contributed by atoms with Crippen molar-refractivity contribution >= 4 is 11.8 Å². The number of aliphatic hydroxyl groups is 1. The Kier molecular flexibility index (Phi) is 6.18. The SMILES string of the molecule is CN=C(NCc1ccc(F)c(CO)c1)NC1CCN(c2ncccc2F)C1. The maximum Gasteiger partial charge on any atom is 0.191 e. The number of guanidine groups is 1. The van der Waals surface area contributed by atoms with Crippen LogP contribution in [0.2, 0.25) is 0 Å². The minimum absolute atomic E-state index is 0.110. The highest BCUT2D eigenvalue weighted by Gasteiger charge is 2.25. The Balaban J connectivity index is 1.55. The lowest BCUT2D eigenvalue weighted by atomic mass is 10.1. The molecule has 1 fully saturated rings. The van der Waals surface area contributed by atoms with Crippen LogP contribution < -0.4 is 15.5 Å². The van der Waals surface area contributed by atoms with Gasteiger partial charge in [0.25, 0.3) is 0 Å². The zero-order chi connectivity index (χ0) is 19.2. The zero-order valence-electron chi connectivity index (χ0n) is 15.1. The van der Waals surface area contributed by atoms with Gasteiger partial charge in [0.15, 0.2) is 17.6 Å². The lowest BCUT2D eigenvalue weighted by Gasteiger charge is -2.20. The molecule has 1 unspecified atom stereocenters. The molecule has 144 valence electrons. The smallest absolute Gasteiger partial charge is 0.191 e. The summed E-state index contributed by atoms with van der Waals surface area (Å²) in [5.41, 5.74) is 1.10. The Bertz CT molecular complexity index is 814. The summed E-state index contributed by atoms with van der Waals surface area (Å²) in [6.07, 6.45) is 2.42. The topological polar surface area (TPSA) is 72.8 Å². The molecule has 8 heteroatoms. The molecule has 1 aromatic heterocycles. The van der Waals surface area contributed by atoms with Crippen LogP contribution in [-0.4, -0.2) is 42.2 Å². The summed E-state index contributed by atoms with van der Waals surface area (Å²) in [6, 6.07) is 7.72. The first-order chi connectivity index (χ1) is 13.1. The summed E-state index contributed by atoms with van der Waals surface area (Å²) in [4.78, 5) is 10.2. The van der Waals surface area contributed by atoms with E-state index in [9.17, 15) is 8.78 Å². The van der Waals surface area contributed by atoms with E-state index in [1.165, 1.54) is 12.1 Å². The molecule has 27 heavy (non-hydrogen) atoms. The van der Waals surface area contributed by atoms with Crippen molar-refractivity contribution in [1.29, 1.82) is 0 Å². The van der Waals surface area contributed by atoms with Crippen LogP contribution in [0.15, 0.2) is 41.5 Å². The molecule has 1 atom stereocenters. The standard InChI is InChI=1S/C19H23F2N5O/c1-22-19(24-10-13-4-5-16(20)14(9-13)12-27)25-15-6-8-26(11-15)18-17(21)3-2-7-23-18/h2-5,7,9,15,27H,6,8,10-12H2,1H3,(H2,22,24,25). The van der Waals surface area contributed by atoms with Gasteiger partial charge in [0.2, 0.25) is 0 Å². The lowest BCUT2D eigenvalue weighted by molar-refractivity contribution is 0.275. The molecule has 2 heterocycles. The molecule has 1 aliphatic heterocycles. The van der Waals surface area contributed by atoms with Crippen molar-refractivity contribution in [2.45, 2.75) is 25.6 Å². The van der Waals surface area contributed by atoms with Gasteiger partial charge in [-0.1, -0.05) is 6.07 Å². The Morgan fingerprint density at radius 2 is 2.19 bits per heavy atom. The number of aromatic nitrogens is 1. The molecule has 1 saturated heterocycles. The van der Waals surface area contributed by atoms with Crippen LogP contribution in [0.1, 0.15) is 17.5 Å². The van der Waals surface area contributed by atoms with Gasteiger partial charge in [-0.15, -0.1) is 0 Å². The summed E-state index contributed by atoms with van der Waals surface area (Å²) >= 11 is 0. The van der Waals surface area contributed by atoms with Crippen molar-refractivity contribution < 1.29 is 13.9 Å². The van der Waals surface area contributed by atoms with Gasteiger partial charge in [-0.3, -0.25) is 4.99 Å². The maximum atomic E-state index is 13.9. The van der Waals surface area contributed by atoms with Gasteiger partial charge in [-0.05, 0) is 36.2 Å². The van der Waals surface area contributed by atoms with E-state index in [2.05, 4.69) is 20.6 Å². The van der Waals surface area contributed by atoms with Gasteiger partial charge >= 0.3 is 0 Å². The Labute approximate surface area is 157 Å². The molecule has 3 N–H and O–H groups in total. The molecule has 0 bridgehead atoms. The highest BCUT2D eigenvalue weighted by Crippen LogP contribution is 2.20. The van der Waals surface area contributed by atoms with E-state index in [0.29, 0.717) is 31.4 Å². The molecular weight excluding hydrogens is 352 g/mol. The van der Waals surface area contributed by atoms with Crippen LogP contribution >= 0.6 is 0 Å². The van der Waals surface area contributed by atoms with Gasteiger partial charge in [0.05, 0.1) is 6.61 Å². The second-order valence-corrected chi connectivity index (χ2v) is 6.39. The average molecular weight is 375 g/mol. The van der Waals surface area contributed by atoms with Crippen LogP contribution in [0.4, 0.5) is 14.6 Å². The minimum atomic E-state index is -0.420. The predicted octanol–water partition coefficient (Wildman–Crippen LogP) is 1.80. The van der Waals surface area contributed by atoms with E-state index in [0.717, 1.165) is 12.0 Å². The van der Waals surface area contributed by atoms with Gasteiger partial charge in [0, 0.05) is 44.5 Å². The van der Waals surface area contributed by atoms with E-state index < -0.39 is 5.82 Å². The Morgan fingerprint density at radius 1 is 1.33 bits per heavy atom. The maximum absolute atomic E-state index is 13.9. The number of anilines is 1. The number of aliphatic imine (C=N–C) groups is 1. The first kappa shape index (κ1) is 19.0. The summed E-state index contributed by atoms with van der Waals surface area (Å²) in [6.45, 7) is 1.44. The third-order valence-corrected chi connectivity index (χ3v) is 4.53. The van der Waals surface area contributed by atoms with Crippen molar-refractivity contribution in [2.75, 3.05) is 25.0 Å². The second-order valence-electron chi connectivity index (χ2n) is 6.39. The normalized spacial score (nSPS) is 17.3. The van der Waals surface area contributed by atoms with Crippen LogP contribution in [0.3, 0.4) is 0 Å². The minimum Gasteiger partial charge on any atom is -0.392 e. The zero-order valence-corrected chi connectivity index (χ0v) is 15.1.